The molecule has 0 amide bonds. The van der Waals surface area contributed by atoms with Gasteiger partial charge in [0.15, 0.2) is 0 Å². The summed E-state index contributed by atoms with van der Waals surface area (Å²) in [6, 6.07) is 66.5. The highest BCUT2D eigenvalue weighted by molar-refractivity contribution is 5.84. The molecule has 0 saturated heterocycles. The Hall–Kier alpha value is -9.02. The Morgan fingerprint density at radius 2 is 0.333 bits per heavy atom. The van der Waals surface area contributed by atoms with E-state index in [1.165, 1.54) is 0 Å². The molecule has 0 aliphatic heterocycles. The standard InChI is InChI=1S/C62H56N10/c1-41-25-9-17-33-49(41)69(50-34-18-10-26-42(50)2)59-63-57(64-60(67-59)70(51-35-19-11-27-43(51)3)52-36-20-12-28-44(52)4)58-65-61(71(53-37-21-13-29-45(53)5)54-38-22-14-30-46(54)6)68-62(66-58)72(55-39-23-15-31-47(55)7)56-40-24-16-32-48(56)8/h9-40H,1-8H3. The Morgan fingerprint density at radius 1 is 0.194 bits per heavy atom. The maximum absolute atomic E-state index is 5.52. The van der Waals surface area contributed by atoms with Gasteiger partial charge in [-0.1, -0.05) is 146 Å². The third-order valence-corrected chi connectivity index (χ3v) is 13.1. The summed E-state index contributed by atoms with van der Waals surface area (Å²) in [6.07, 6.45) is 0. The lowest BCUT2D eigenvalue weighted by Crippen LogP contribution is -2.23. The molecule has 10 heteroatoms. The molecule has 0 unspecified atom stereocenters. The molecule has 8 aromatic carbocycles. The normalized spacial score (nSPS) is 11.1. The number of rotatable bonds is 13. The van der Waals surface area contributed by atoms with Crippen molar-refractivity contribution in [2.45, 2.75) is 55.4 Å². The molecule has 0 bridgehead atoms. The van der Waals surface area contributed by atoms with Crippen LogP contribution in [0.25, 0.3) is 11.6 Å². The van der Waals surface area contributed by atoms with E-state index in [-0.39, 0.29) is 11.6 Å². The summed E-state index contributed by atoms with van der Waals surface area (Å²) < 4.78 is 0. The van der Waals surface area contributed by atoms with Gasteiger partial charge in [-0.3, -0.25) is 19.6 Å². The van der Waals surface area contributed by atoms with Crippen molar-refractivity contribution in [1.82, 2.24) is 29.9 Å². The minimum Gasteiger partial charge on any atom is -0.278 e. The fraction of sp³-hybridized carbons (Fsp3) is 0.129. The number of nitrogens with zero attached hydrogens (tertiary/aromatic N) is 10. The van der Waals surface area contributed by atoms with Crippen LogP contribution < -0.4 is 19.6 Å². The molecule has 10 nitrogen and oxygen atoms in total. The molecule has 0 radical (unpaired) electrons. The van der Waals surface area contributed by atoms with Crippen molar-refractivity contribution in [2.75, 3.05) is 19.6 Å². The van der Waals surface area contributed by atoms with Gasteiger partial charge in [-0.2, -0.15) is 29.9 Å². The Labute approximate surface area is 422 Å². The summed E-state index contributed by atoms with van der Waals surface area (Å²) in [5.41, 5.74) is 15.7. The van der Waals surface area contributed by atoms with E-state index >= 15 is 0 Å². The molecule has 2 heterocycles. The average Bonchev–Trinajstić information content (AvgIpc) is 3.39. The van der Waals surface area contributed by atoms with Gasteiger partial charge in [0.1, 0.15) is 0 Å². The molecule has 0 aliphatic carbocycles. The van der Waals surface area contributed by atoms with E-state index in [4.69, 9.17) is 29.9 Å². The number of benzene rings is 8. The van der Waals surface area contributed by atoms with Crippen LogP contribution in [-0.4, -0.2) is 29.9 Å². The number of hydrogen-bond donors (Lipinski definition) is 0. The van der Waals surface area contributed by atoms with E-state index in [0.717, 1.165) is 90.0 Å². The number of para-hydroxylation sites is 8. The summed E-state index contributed by atoms with van der Waals surface area (Å²) in [4.78, 5) is 41.5. The fourth-order valence-corrected chi connectivity index (χ4v) is 9.20. The lowest BCUT2D eigenvalue weighted by atomic mass is 10.1. The lowest BCUT2D eigenvalue weighted by Gasteiger charge is -2.30. The van der Waals surface area contributed by atoms with Gasteiger partial charge in [-0.15, -0.1) is 0 Å². The number of aryl methyl sites for hydroxylation is 8. The molecule has 0 saturated carbocycles. The van der Waals surface area contributed by atoms with Gasteiger partial charge in [0, 0.05) is 0 Å². The minimum absolute atomic E-state index is 0.253. The van der Waals surface area contributed by atoms with Crippen molar-refractivity contribution in [3.63, 3.8) is 0 Å². The predicted octanol–water partition coefficient (Wildman–Crippen LogP) is 16.1. The van der Waals surface area contributed by atoms with Crippen LogP contribution in [0.4, 0.5) is 69.3 Å². The van der Waals surface area contributed by atoms with Crippen LogP contribution in [0.3, 0.4) is 0 Å². The van der Waals surface area contributed by atoms with E-state index in [2.05, 4.69) is 172 Å². The zero-order chi connectivity index (χ0) is 49.9. The summed E-state index contributed by atoms with van der Waals surface area (Å²) in [5.74, 6) is 2.06. The zero-order valence-corrected chi connectivity index (χ0v) is 41.9. The Bertz CT molecular complexity index is 2940. The zero-order valence-electron chi connectivity index (χ0n) is 41.9. The molecule has 0 aliphatic rings. The second kappa shape index (κ2) is 20.1. The average molecular weight is 941 g/mol. The lowest BCUT2D eigenvalue weighted by molar-refractivity contribution is 0.935. The third kappa shape index (κ3) is 9.13. The molecule has 0 fully saturated rings. The van der Waals surface area contributed by atoms with Crippen molar-refractivity contribution in [1.29, 1.82) is 0 Å². The van der Waals surface area contributed by atoms with Gasteiger partial charge in [-0.05, 0) is 148 Å². The number of hydrogen-bond acceptors (Lipinski definition) is 10. The summed E-state index contributed by atoms with van der Waals surface area (Å²) in [6.45, 7) is 16.9. The quantitative estimate of drug-likeness (QED) is 0.111. The van der Waals surface area contributed by atoms with Crippen LogP contribution in [0.1, 0.15) is 44.5 Å². The molecular formula is C62H56N10. The first-order valence-corrected chi connectivity index (χ1v) is 24.2. The molecule has 0 N–H and O–H groups in total. The van der Waals surface area contributed by atoms with Crippen LogP contribution in [-0.2, 0) is 0 Å². The highest BCUT2D eigenvalue weighted by Gasteiger charge is 2.30. The molecule has 0 atom stereocenters. The van der Waals surface area contributed by atoms with E-state index < -0.39 is 0 Å². The topological polar surface area (TPSA) is 90.3 Å². The molecule has 10 rings (SSSR count). The SMILES string of the molecule is Cc1ccccc1N(c1nc(-c2nc(N(c3ccccc3C)c3ccccc3C)nc(N(c3ccccc3C)c3ccccc3C)n2)nc(N(c2ccccc2C)c2ccccc2C)n1)c1ccccc1C. The van der Waals surface area contributed by atoms with Gasteiger partial charge < -0.3 is 0 Å². The van der Waals surface area contributed by atoms with Crippen molar-refractivity contribution in [3.8, 4) is 11.6 Å². The van der Waals surface area contributed by atoms with E-state index in [9.17, 15) is 0 Å². The van der Waals surface area contributed by atoms with E-state index in [0.29, 0.717) is 23.8 Å². The number of anilines is 12. The Kier molecular flexibility index (Phi) is 13.1. The van der Waals surface area contributed by atoms with Crippen LogP contribution >= 0.6 is 0 Å². The Balaban J connectivity index is 1.35. The molecule has 10 aromatic rings. The maximum Gasteiger partial charge on any atom is 0.240 e. The first-order chi connectivity index (χ1) is 35.0. The smallest absolute Gasteiger partial charge is 0.240 e. The highest BCUT2D eigenvalue weighted by atomic mass is 15.4. The van der Waals surface area contributed by atoms with Crippen LogP contribution in [0, 0.1) is 55.4 Å². The summed E-state index contributed by atoms with van der Waals surface area (Å²) >= 11 is 0. The molecule has 0 spiro atoms. The van der Waals surface area contributed by atoms with Crippen molar-refractivity contribution >= 4 is 69.3 Å². The summed E-state index contributed by atoms with van der Waals surface area (Å²) in [7, 11) is 0. The van der Waals surface area contributed by atoms with Crippen molar-refractivity contribution in [2.24, 2.45) is 0 Å². The monoisotopic (exact) mass is 940 g/mol. The van der Waals surface area contributed by atoms with Gasteiger partial charge in [-0.25, -0.2) is 0 Å². The van der Waals surface area contributed by atoms with Gasteiger partial charge in [0.25, 0.3) is 0 Å². The van der Waals surface area contributed by atoms with Crippen molar-refractivity contribution in [3.05, 3.63) is 239 Å². The van der Waals surface area contributed by atoms with Gasteiger partial charge in [0.2, 0.25) is 35.4 Å². The second-order valence-corrected chi connectivity index (χ2v) is 18.2. The van der Waals surface area contributed by atoms with Crippen LogP contribution in [0.5, 0.6) is 0 Å². The highest BCUT2D eigenvalue weighted by Crippen LogP contribution is 2.44. The minimum atomic E-state index is 0.253. The van der Waals surface area contributed by atoms with Crippen LogP contribution in [0.2, 0.25) is 0 Å². The Morgan fingerprint density at radius 3 is 0.472 bits per heavy atom. The first-order valence-electron chi connectivity index (χ1n) is 24.2. The van der Waals surface area contributed by atoms with Gasteiger partial charge in [0.05, 0.1) is 45.5 Å². The predicted molar refractivity (Wildman–Crippen MR) is 295 cm³/mol. The summed E-state index contributed by atoms with van der Waals surface area (Å²) in [5, 5.41) is 0. The molecule has 2 aromatic heterocycles. The second-order valence-electron chi connectivity index (χ2n) is 18.2. The van der Waals surface area contributed by atoms with E-state index in [1.807, 2.05) is 97.1 Å². The number of aromatic nitrogens is 6. The van der Waals surface area contributed by atoms with Gasteiger partial charge >= 0.3 is 0 Å². The van der Waals surface area contributed by atoms with E-state index in [1.54, 1.807) is 0 Å². The molecular weight excluding hydrogens is 885 g/mol. The maximum atomic E-state index is 5.52. The van der Waals surface area contributed by atoms with Crippen molar-refractivity contribution < 1.29 is 0 Å². The van der Waals surface area contributed by atoms with Crippen LogP contribution in [0.15, 0.2) is 194 Å². The largest absolute Gasteiger partial charge is 0.278 e. The molecule has 354 valence electrons. The molecule has 72 heavy (non-hydrogen) atoms. The fourth-order valence-electron chi connectivity index (χ4n) is 9.20. The first kappa shape index (κ1) is 46.7. The third-order valence-electron chi connectivity index (χ3n) is 13.1.